The first-order valence-corrected chi connectivity index (χ1v) is 3.36. The molecule has 5 heteroatoms. The molecular formula is C5H10ClNO3. The lowest BCUT2D eigenvalue weighted by molar-refractivity contribution is 0.121. The van der Waals surface area contributed by atoms with E-state index in [2.05, 4.69) is 10.5 Å². The van der Waals surface area contributed by atoms with Crippen molar-refractivity contribution in [3.8, 4) is 0 Å². The van der Waals surface area contributed by atoms with Crippen molar-refractivity contribution in [3.63, 3.8) is 0 Å². The summed E-state index contributed by atoms with van der Waals surface area (Å²) in [4.78, 5) is 9.95. The molecular weight excluding hydrogens is 158 g/mol. The SMILES string of the molecule is NC(=O)OCC[C@@H](O)CCl. The van der Waals surface area contributed by atoms with Gasteiger partial charge in [0.25, 0.3) is 0 Å². The first kappa shape index (κ1) is 9.52. The Morgan fingerprint density at radius 3 is 2.80 bits per heavy atom. The van der Waals surface area contributed by atoms with Gasteiger partial charge in [-0.25, -0.2) is 4.79 Å². The van der Waals surface area contributed by atoms with Crippen LogP contribution >= 0.6 is 11.6 Å². The number of carbonyl (C=O) groups is 1. The highest BCUT2D eigenvalue weighted by Crippen LogP contribution is 1.94. The summed E-state index contributed by atoms with van der Waals surface area (Å²) in [7, 11) is 0. The van der Waals surface area contributed by atoms with Crippen molar-refractivity contribution in [3.05, 3.63) is 0 Å². The molecule has 3 N–H and O–H groups in total. The van der Waals surface area contributed by atoms with Gasteiger partial charge in [-0.1, -0.05) is 0 Å². The standard InChI is InChI=1S/C5H10ClNO3/c6-3-4(8)1-2-10-5(7)9/h4,8H,1-3H2,(H2,7,9)/t4-/m1/s1. The fraction of sp³-hybridized carbons (Fsp3) is 0.800. The number of alkyl halides is 1. The van der Waals surface area contributed by atoms with Crippen LogP contribution < -0.4 is 5.73 Å². The fourth-order valence-electron chi connectivity index (χ4n) is 0.373. The summed E-state index contributed by atoms with van der Waals surface area (Å²) in [5.74, 6) is 0.141. The summed E-state index contributed by atoms with van der Waals surface area (Å²) in [6.45, 7) is 0.114. The van der Waals surface area contributed by atoms with Crippen LogP contribution in [0.1, 0.15) is 6.42 Å². The largest absolute Gasteiger partial charge is 0.450 e. The Labute approximate surface area is 63.9 Å². The lowest BCUT2D eigenvalue weighted by Gasteiger charge is -2.04. The van der Waals surface area contributed by atoms with Crippen molar-refractivity contribution in [1.29, 1.82) is 0 Å². The highest BCUT2D eigenvalue weighted by atomic mass is 35.5. The van der Waals surface area contributed by atoms with Gasteiger partial charge in [-0.05, 0) is 0 Å². The van der Waals surface area contributed by atoms with E-state index in [1.54, 1.807) is 0 Å². The summed E-state index contributed by atoms with van der Waals surface area (Å²) < 4.78 is 4.33. The second kappa shape index (κ2) is 5.32. The van der Waals surface area contributed by atoms with Crippen LogP contribution in [0.3, 0.4) is 0 Å². The number of rotatable bonds is 4. The molecule has 0 aliphatic carbocycles. The van der Waals surface area contributed by atoms with E-state index in [0.29, 0.717) is 6.42 Å². The highest BCUT2D eigenvalue weighted by Gasteiger charge is 2.02. The van der Waals surface area contributed by atoms with E-state index in [1.165, 1.54) is 0 Å². The predicted molar refractivity (Wildman–Crippen MR) is 36.9 cm³/mol. The van der Waals surface area contributed by atoms with E-state index < -0.39 is 12.2 Å². The third-order valence-corrected chi connectivity index (χ3v) is 1.23. The first-order valence-electron chi connectivity index (χ1n) is 2.83. The maximum Gasteiger partial charge on any atom is 0.404 e. The van der Waals surface area contributed by atoms with Crippen molar-refractivity contribution >= 4 is 17.7 Å². The number of carbonyl (C=O) groups excluding carboxylic acids is 1. The first-order chi connectivity index (χ1) is 4.66. The number of hydrogen-bond donors (Lipinski definition) is 2. The van der Waals surface area contributed by atoms with E-state index in [4.69, 9.17) is 16.7 Å². The predicted octanol–water partition coefficient (Wildman–Crippen LogP) is 0.0715. The van der Waals surface area contributed by atoms with Crippen LogP contribution in [-0.2, 0) is 4.74 Å². The molecule has 0 heterocycles. The number of nitrogens with two attached hydrogens (primary N) is 1. The van der Waals surface area contributed by atoms with Gasteiger partial charge < -0.3 is 15.6 Å². The van der Waals surface area contributed by atoms with Gasteiger partial charge in [0.1, 0.15) is 0 Å². The average molecular weight is 168 g/mol. The highest BCUT2D eigenvalue weighted by molar-refractivity contribution is 6.18. The minimum Gasteiger partial charge on any atom is -0.450 e. The van der Waals surface area contributed by atoms with Gasteiger partial charge in [0.05, 0.1) is 12.7 Å². The molecule has 0 aromatic heterocycles. The number of ether oxygens (including phenoxy) is 1. The molecule has 1 atom stereocenters. The lowest BCUT2D eigenvalue weighted by Crippen LogP contribution is -2.18. The van der Waals surface area contributed by atoms with Crippen molar-refractivity contribution in [2.45, 2.75) is 12.5 Å². The quantitative estimate of drug-likeness (QED) is 0.582. The Kier molecular flexibility index (Phi) is 5.06. The summed E-state index contributed by atoms with van der Waals surface area (Å²) >= 11 is 5.25. The van der Waals surface area contributed by atoms with Crippen LogP contribution in [0.2, 0.25) is 0 Å². The number of hydrogen-bond acceptors (Lipinski definition) is 3. The lowest BCUT2D eigenvalue weighted by atomic mass is 10.3. The molecule has 0 bridgehead atoms. The van der Waals surface area contributed by atoms with Crippen LogP contribution in [-0.4, -0.2) is 29.8 Å². The van der Waals surface area contributed by atoms with Crippen LogP contribution in [0.25, 0.3) is 0 Å². The minimum absolute atomic E-state index is 0.114. The number of aliphatic hydroxyl groups is 1. The van der Waals surface area contributed by atoms with Gasteiger partial charge in [-0.15, -0.1) is 11.6 Å². The molecule has 0 radical (unpaired) electrons. The van der Waals surface area contributed by atoms with Crippen molar-refractivity contribution in [1.82, 2.24) is 0 Å². The third kappa shape index (κ3) is 5.65. The number of halogens is 1. The zero-order valence-electron chi connectivity index (χ0n) is 5.42. The number of amides is 1. The van der Waals surface area contributed by atoms with Crippen molar-refractivity contribution in [2.24, 2.45) is 5.73 Å². The van der Waals surface area contributed by atoms with E-state index in [1.807, 2.05) is 0 Å². The third-order valence-electron chi connectivity index (χ3n) is 0.874. The monoisotopic (exact) mass is 167 g/mol. The summed E-state index contributed by atoms with van der Waals surface area (Å²) in [6, 6.07) is 0. The second-order valence-corrected chi connectivity index (χ2v) is 2.07. The maximum absolute atomic E-state index is 9.95. The van der Waals surface area contributed by atoms with E-state index >= 15 is 0 Å². The van der Waals surface area contributed by atoms with Crippen LogP contribution in [0.4, 0.5) is 4.79 Å². The topological polar surface area (TPSA) is 72.6 Å². The zero-order chi connectivity index (χ0) is 7.98. The molecule has 10 heavy (non-hydrogen) atoms. The molecule has 0 aliphatic rings. The molecule has 0 fully saturated rings. The summed E-state index contributed by atoms with van der Waals surface area (Å²) in [6.07, 6.45) is -1.13. The molecule has 0 aromatic carbocycles. The Hall–Kier alpha value is -0.480. The van der Waals surface area contributed by atoms with Crippen LogP contribution in [0.5, 0.6) is 0 Å². The van der Waals surface area contributed by atoms with E-state index in [-0.39, 0.29) is 12.5 Å². The van der Waals surface area contributed by atoms with Gasteiger partial charge in [-0.2, -0.15) is 0 Å². The molecule has 4 nitrogen and oxygen atoms in total. The fourth-order valence-corrected chi connectivity index (χ4v) is 0.527. The van der Waals surface area contributed by atoms with E-state index in [9.17, 15) is 4.79 Å². The molecule has 0 unspecified atom stereocenters. The van der Waals surface area contributed by atoms with Gasteiger partial charge in [0.2, 0.25) is 0 Å². The summed E-state index contributed by atoms with van der Waals surface area (Å²) in [5, 5.41) is 8.81. The molecule has 60 valence electrons. The number of aliphatic hydroxyl groups excluding tert-OH is 1. The molecule has 0 aromatic rings. The van der Waals surface area contributed by atoms with Gasteiger partial charge in [-0.3, -0.25) is 0 Å². The van der Waals surface area contributed by atoms with Gasteiger partial charge in [0.15, 0.2) is 0 Å². The van der Waals surface area contributed by atoms with Crippen molar-refractivity contribution in [2.75, 3.05) is 12.5 Å². The number of primary amides is 1. The molecule has 0 saturated carbocycles. The second-order valence-electron chi connectivity index (χ2n) is 1.76. The molecule has 0 saturated heterocycles. The van der Waals surface area contributed by atoms with Crippen LogP contribution in [0, 0.1) is 0 Å². The molecule has 1 amide bonds. The van der Waals surface area contributed by atoms with Crippen LogP contribution in [0.15, 0.2) is 0 Å². The smallest absolute Gasteiger partial charge is 0.404 e. The summed E-state index contributed by atoms with van der Waals surface area (Å²) in [5.41, 5.74) is 4.64. The van der Waals surface area contributed by atoms with Gasteiger partial charge in [0, 0.05) is 12.3 Å². The van der Waals surface area contributed by atoms with E-state index in [0.717, 1.165) is 0 Å². The Bertz CT molecular complexity index is 109. The molecule has 0 spiro atoms. The maximum atomic E-state index is 9.95. The molecule has 0 aliphatic heterocycles. The zero-order valence-corrected chi connectivity index (χ0v) is 6.17. The average Bonchev–Trinajstić information content (AvgIpc) is 1.87. The molecule has 0 rings (SSSR count). The van der Waals surface area contributed by atoms with Gasteiger partial charge >= 0.3 is 6.09 Å². The normalized spacial score (nSPS) is 12.6. The Morgan fingerprint density at radius 2 is 2.40 bits per heavy atom. The minimum atomic E-state index is -0.832. The van der Waals surface area contributed by atoms with Crippen molar-refractivity contribution < 1.29 is 14.6 Å². The Balaban J connectivity index is 3.11. The Morgan fingerprint density at radius 1 is 1.80 bits per heavy atom.